The van der Waals surface area contributed by atoms with Gasteiger partial charge >= 0.3 is 11.9 Å². The smallest absolute Gasteiger partial charge is 0.312 e. The minimum Gasteiger partial charge on any atom is -0.460 e. The summed E-state index contributed by atoms with van der Waals surface area (Å²) in [5.41, 5.74) is -0.587. The van der Waals surface area contributed by atoms with Gasteiger partial charge in [-0.3, -0.25) is 14.4 Å². The maximum absolute atomic E-state index is 13.8. The van der Waals surface area contributed by atoms with Crippen LogP contribution in [0, 0.1) is 28.1 Å². The zero-order chi connectivity index (χ0) is 25.1. The maximum Gasteiger partial charge on any atom is 0.312 e. The molecule has 0 unspecified atom stereocenters. The van der Waals surface area contributed by atoms with E-state index < -0.39 is 16.4 Å². The van der Waals surface area contributed by atoms with Gasteiger partial charge < -0.3 is 9.47 Å². The molecule has 5 nitrogen and oxygen atoms in total. The Kier molecular flexibility index (Phi) is 5.77. The first-order valence-corrected chi connectivity index (χ1v) is 13.3. The molecule has 1 aromatic rings. The molecule has 0 saturated heterocycles. The molecule has 6 atom stereocenters. The predicted octanol–water partition coefficient (Wildman–Crippen LogP) is 5.95. The molecular weight excluding hydrogens is 440 g/mol. The number of hydrogen-bond donors (Lipinski definition) is 0. The summed E-state index contributed by atoms with van der Waals surface area (Å²) >= 11 is 0. The van der Waals surface area contributed by atoms with Gasteiger partial charge in [0.1, 0.15) is 12.2 Å². The summed E-state index contributed by atoms with van der Waals surface area (Å²) in [4.78, 5) is 39.6. The van der Waals surface area contributed by atoms with Crippen molar-refractivity contribution in [3.05, 3.63) is 48.0 Å². The molecule has 1 aromatic carbocycles. The van der Waals surface area contributed by atoms with Crippen molar-refractivity contribution in [2.45, 2.75) is 90.8 Å². The number of carbonyl (C=O) groups excluding carboxylic acids is 3. The molecular formula is C30H38O5. The number of carbonyl (C=O) groups is 3. The Morgan fingerprint density at radius 1 is 1.03 bits per heavy atom. The summed E-state index contributed by atoms with van der Waals surface area (Å²) in [5, 5.41) is 0. The van der Waals surface area contributed by atoms with Crippen molar-refractivity contribution < 1.29 is 23.9 Å². The van der Waals surface area contributed by atoms with Crippen molar-refractivity contribution in [1.29, 1.82) is 0 Å². The molecule has 4 saturated carbocycles. The number of Topliss-reactive ketones (excluding diaryl/α,β-unsaturated/α-hetero) is 1. The summed E-state index contributed by atoms with van der Waals surface area (Å²) in [6, 6.07) is 9.82. The third-order valence-electron chi connectivity index (χ3n) is 10.3. The molecule has 2 bridgehead atoms. The molecule has 0 radical (unpaired) electrons. The fraction of sp³-hybridized carbons (Fsp3) is 0.633. The molecule has 1 spiro atoms. The summed E-state index contributed by atoms with van der Waals surface area (Å²) < 4.78 is 11.8. The van der Waals surface area contributed by atoms with E-state index in [9.17, 15) is 14.4 Å². The van der Waals surface area contributed by atoms with Gasteiger partial charge in [-0.1, -0.05) is 57.2 Å². The van der Waals surface area contributed by atoms with E-state index in [1.165, 1.54) is 0 Å². The lowest BCUT2D eigenvalue weighted by atomic mass is 9.40. The van der Waals surface area contributed by atoms with Crippen LogP contribution < -0.4 is 0 Å². The van der Waals surface area contributed by atoms with Crippen molar-refractivity contribution in [2.75, 3.05) is 0 Å². The molecule has 4 fully saturated rings. The minimum absolute atomic E-state index is 0.0995. The molecule has 4 aliphatic carbocycles. The Morgan fingerprint density at radius 2 is 1.74 bits per heavy atom. The van der Waals surface area contributed by atoms with Gasteiger partial charge in [0.05, 0.1) is 5.41 Å². The Morgan fingerprint density at radius 3 is 2.46 bits per heavy atom. The molecule has 188 valence electrons. The van der Waals surface area contributed by atoms with Crippen LogP contribution in [0.4, 0.5) is 0 Å². The van der Waals surface area contributed by atoms with E-state index in [4.69, 9.17) is 9.47 Å². The standard InChI is InChI=1S/C30H38O5/c1-5-24(31)35-30-17-13-23-27(3)14-9-15-28(4,26(33)34-18-21-10-7-6-8-11-21)22(27)12-16-29(23,19-30)25(32)20(30)2/h6-8,10-11,22-23H,2,5,9,12-19H2,1,3-4H3/t22-,23-,27+,28+,29+,30-/m0/s1. The quantitative estimate of drug-likeness (QED) is 0.386. The van der Waals surface area contributed by atoms with Crippen LogP contribution in [0.3, 0.4) is 0 Å². The number of esters is 2. The van der Waals surface area contributed by atoms with E-state index in [1.807, 2.05) is 30.3 Å². The lowest BCUT2D eigenvalue weighted by Crippen LogP contribution is -2.60. The van der Waals surface area contributed by atoms with Crippen LogP contribution in [-0.4, -0.2) is 23.3 Å². The maximum atomic E-state index is 13.8. The van der Waals surface area contributed by atoms with Crippen molar-refractivity contribution >= 4 is 17.7 Å². The van der Waals surface area contributed by atoms with Crippen LogP contribution >= 0.6 is 0 Å². The summed E-state index contributed by atoms with van der Waals surface area (Å²) in [6.45, 7) is 10.6. The van der Waals surface area contributed by atoms with Gasteiger partial charge in [0.25, 0.3) is 0 Å². The second-order valence-electron chi connectivity index (χ2n) is 12.0. The van der Waals surface area contributed by atoms with Gasteiger partial charge in [0.15, 0.2) is 5.78 Å². The van der Waals surface area contributed by atoms with Crippen molar-refractivity contribution in [1.82, 2.24) is 0 Å². The molecule has 0 amide bonds. The highest BCUT2D eigenvalue weighted by Gasteiger charge is 2.72. The van der Waals surface area contributed by atoms with E-state index in [0.717, 1.165) is 44.1 Å². The fourth-order valence-corrected chi connectivity index (χ4v) is 8.67. The molecule has 5 rings (SSSR count). The Hall–Kier alpha value is -2.43. The first-order valence-electron chi connectivity index (χ1n) is 13.3. The molecule has 4 aliphatic rings. The van der Waals surface area contributed by atoms with E-state index >= 15 is 0 Å². The van der Waals surface area contributed by atoms with E-state index in [2.05, 4.69) is 20.4 Å². The van der Waals surface area contributed by atoms with Crippen LogP contribution in [-0.2, 0) is 30.5 Å². The van der Waals surface area contributed by atoms with Crippen LogP contribution in [0.5, 0.6) is 0 Å². The van der Waals surface area contributed by atoms with Crippen molar-refractivity contribution in [2.24, 2.45) is 28.1 Å². The lowest BCUT2D eigenvalue weighted by Gasteiger charge is -2.63. The molecule has 0 heterocycles. The van der Waals surface area contributed by atoms with Gasteiger partial charge in [-0.2, -0.15) is 0 Å². The number of ketones is 1. The zero-order valence-corrected chi connectivity index (χ0v) is 21.4. The molecule has 35 heavy (non-hydrogen) atoms. The van der Waals surface area contributed by atoms with Gasteiger partial charge in [-0.15, -0.1) is 0 Å². The minimum atomic E-state index is -0.837. The number of fused-ring (bicyclic) bond motifs is 3. The Bertz CT molecular complexity index is 1060. The number of rotatable bonds is 5. The van der Waals surface area contributed by atoms with Crippen LogP contribution in [0.15, 0.2) is 42.5 Å². The average Bonchev–Trinajstić information content (AvgIpc) is 3.00. The predicted molar refractivity (Wildman–Crippen MR) is 132 cm³/mol. The Labute approximate surface area is 208 Å². The van der Waals surface area contributed by atoms with Crippen LogP contribution in [0.2, 0.25) is 0 Å². The number of benzene rings is 1. The summed E-state index contributed by atoms with van der Waals surface area (Å²) in [7, 11) is 0. The SMILES string of the molecule is C=C1C(=O)[C@@]23CC[C@H]4[C@@](C)(CCC[C@@]4(C)C(=O)OCc4ccccc4)[C@@H]2CC[C@]1(OC(=O)CC)C3. The highest BCUT2D eigenvalue weighted by molar-refractivity contribution is 6.05. The summed E-state index contributed by atoms with van der Waals surface area (Å²) in [6.07, 6.45) is 6.63. The molecule has 5 heteroatoms. The monoisotopic (exact) mass is 478 g/mol. The van der Waals surface area contributed by atoms with Crippen LogP contribution in [0.25, 0.3) is 0 Å². The first-order chi connectivity index (χ1) is 16.6. The van der Waals surface area contributed by atoms with Crippen molar-refractivity contribution in [3.8, 4) is 0 Å². The first kappa shape index (κ1) is 24.3. The van der Waals surface area contributed by atoms with E-state index in [1.54, 1.807) is 6.92 Å². The molecule has 0 N–H and O–H groups in total. The average molecular weight is 479 g/mol. The van der Waals surface area contributed by atoms with Crippen LogP contribution in [0.1, 0.15) is 84.1 Å². The second kappa shape index (κ2) is 8.31. The molecule has 0 aliphatic heterocycles. The van der Waals surface area contributed by atoms with Gasteiger partial charge in [0, 0.05) is 23.8 Å². The van der Waals surface area contributed by atoms with Gasteiger partial charge in [-0.25, -0.2) is 0 Å². The molecule has 0 aromatic heterocycles. The third kappa shape index (κ3) is 3.44. The third-order valence-corrected chi connectivity index (χ3v) is 10.3. The Balaban J connectivity index is 1.42. The second-order valence-corrected chi connectivity index (χ2v) is 12.0. The summed E-state index contributed by atoms with van der Waals surface area (Å²) in [5.74, 6) is 0.0474. The normalized spacial score (nSPS) is 40.0. The highest BCUT2D eigenvalue weighted by atomic mass is 16.6. The highest BCUT2D eigenvalue weighted by Crippen LogP contribution is 2.72. The lowest BCUT2D eigenvalue weighted by molar-refractivity contribution is -0.196. The topological polar surface area (TPSA) is 69.7 Å². The van der Waals surface area contributed by atoms with Gasteiger partial charge in [0.2, 0.25) is 0 Å². The zero-order valence-electron chi connectivity index (χ0n) is 21.4. The fourth-order valence-electron chi connectivity index (χ4n) is 8.67. The number of hydrogen-bond acceptors (Lipinski definition) is 5. The van der Waals surface area contributed by atoms with E-state index in [0.29, 0.717) is 24.8 Å². The van der Waals surface area contributed by atoms with E-state index in [-0.39, 0.29) is 41.6 Å². The van der Waals surface area contributed by atoms with Crippen molar-refractivity contribution in [3.63, 3.8) is 0 Å². The largest absolute Gasteiger partial charge is 0.460 e. The van der Waals surface area contributed by atoms with Gasteiger partial charge in [-0.05, 0) is 68.3 Å². The number of ether oxygens (including phenoxy) is 2.